The van der Waals surface area contributed by atoms with E-state index >= 15 is 0 Å². The lowest BCUT2D eigenvalue weighted by Crippen LogP contribution is -2.07. The summed E-state index contributed by atoms with van der Waals surface area (Å²) in [5, 5.41) is 13.2. The van der Waals surface area contributed by atoms with Crippen molar-refractivity contribution < 1.29 is 22.8 Å². The van der Waals surface area contributed by atoms with Crippen LogP contribution in [0, 0.1) is 5.82 Å². The SMILES string of the molecule is CS(=O)(=O)c1ccc2nc(-c3ccc(NC(=O)C=Cc4ccc(F)cc4)cc3)n(O)c2c1. The van der Waals surface area contributed by atoms with E-state index in [-0.39, 0.29) is 28.0 Å². The molecule has 32 heavy (non-hydrogen) atoms. The fourth-order valence-corrected chi connectivity index (χ4v) is 3.73. The van der Waals surface area contributed by atoms with Gasteiger partial charge in [-0.05, 0) is 66.2 Å². The van der Waals surface area contributed by atoms with E-state index in [1.807, 2.05) is 0 Å². The number of halogens is 1. The monoisotopic (exact) mass is 451 g/mol. The molecule has 1 heterocycles. The zero-order valence-corrected chi connectivity index (χ0v) is 17.7. The minimum Gasteiger partial charge on any atom is -0.426 e. The van der Waals surface area contributed by atoms with E-state index in [1.165, 1.54) is 36.4 Å². The molecule has 4 rings (SSSR count). The van der Waals surface area contributed by atoms with Crippen LogP contribution >= 0.6 is 0 Å². The molecule has 0 radical (unpaired) electrons. The summed E-state index contributed by atoms with van der Waals surface area (Å²) in [6.07, 6.45) is 4.00. The highest BCUT2D eigenvalue weighted by atomic mass is 32.2. The number of fused-ring (bicyclic) bond motifs is 1. The van der Waals surface area contributed by atoms with Crippen LogP contribution in [0.1, 0.15) is 5.56 Å². The van der Waals surface area contributed by atoms with Crippen LogP contribution in [0.3, 0.4) is 0 Å². The van der Waals surface area contributed by atoms with Gasteiger partial charge in [0.1, 0.15) is 11.3 Å². The third-order valence-corrected chi connectivity index (χ3v) is 5.85. The van der Waals surface area contributed by atoms with E-state index in [0.29, 0.717) is 22.3 Å². The predicted octanol–water partition coefficient (Wildman–Crippen LogP) is 4.14. The Morgan fingerprint density at radius 3 is 2.41 bits per heavy atom. The molecule has 9 heteroatoms. The predicted molar refractivity (Wildman–Crippen MR) is 120 cm³/mol. The summed E-state index contributed by atoms with van der Waals surface area (Å²) in [5.41, 5.74) is 2.51. The topological polar surface area (TPSA) is 101 Å². The molecule has 1 amide bonds. The van der Waals surface area contributed by atoms with Crippen molar-refractivity contribution in [3.63, 3.8) is 0 Å². The molecule has 0 saturated carbocycles. The van der Waals surface area contributed by atoms with Gasteiger partial charge in [-0.25, -0.2) is 17.8 Å². The van der Waals surface area contributed by atoms with Gasteiger partial charge in [-0.3, -0.25) is 4.79 Å². The van der Waals surface area contributed by atoms with E-state index in [4.69, 9.17) is 0 Å². The molecular weight excluding hydrogens is 433 g/mol. The van der Waals surface area contributed by atoms with Crippen molar-refractivity contribution in [3.05, 3.63) is 84.2 Å². The van der Waals surface area contributed by atoms with E-state index in [9.17, 15) is 22.8 Å². The molecule has 0 fully saturated rings. The maximum absolute atomic E-state index is 12.9. The second-order valence-electron chi connectivity index (χ2n) is 7.12. The number of sulfone groups is 1. The Kier molecular flexibility index (Phi) is 5.50. The van der Waals surface area contributed by atoms with Gasteiger partial charge in [0.15, 0.2) is 15.7 Å². The summed E-state index contributed by atoms with van der Waals surface area (Å²) in [7, 11) is -3.42. The van der Waals surface area contributed by atoms with Crippen molar-refractivity contribution in [3.8, 4) is 11.4 Å². The number of aromatic nitrogens is 2. The second kappa shape index (κ2) is 8.27. The molecule has 162 valence electrons. The van der Waals surface area contributed by atoms with Gasteiger partial charge >= 0.3 is 0 Å². The number of nitrogens with one attached hydrogen (secondary N) is 1. The Hall–Kier alpha value is -3.98. The van der Waals surface area contributed by atoms with Crippen molar-refractivity contribution in [1.29, 1.82) is 0 Å². The molecule has 0 aliphatic rings. The molecule has 0 aliphatic carbocycles. The number of nitrogens with zero attached hydrogens (tertiary/aromatic N) is 2. The van der Waals surface area contributed by atoms with Gasteiger partial charge in [-0.15, -0.1) is 0 Å². The van der Waals surface area contributed by atoms with Crippen LogP contribution in [0.25, 0.3) is 28.5 Å². The average Bonchev–Trinajstić information content (AvgIpc) is 3.09. The van der Waals surface area contributed by atoms with Crippen LogP contribution in [-0.4, -0.2) is 35.5 Å². The summed E-state index contributed by atoms with van der Waals surface area (Å²) < 4.78 is 37.3. The van der Waals surface area contributed by atoms with Gasteiger partial charge in [-0.2, -0.15) is 4.73 Å². The first-order chi connectivity index (χ1) is 15.2. The van der Waals surface area contributed by atoms with Gasteiger partial charge < -0.3 is 10.5 Å². The first-order valence-electron chi connectivity index (χ1n) is 9.47. The van der Waals surface area contributed by atoms with Gasteiger partial charge in [0.05, 0.1) is 10.4 Å². The van der Waals surface area contributed by atoms with E-state index in [0.717, 1.165) is 11.0 Å². The summed E-state index contributed by atoms with van der Waals surface area (Å²) >= 11 is 0. The quantitative estimate of drug-likeness (QED) is 0.351. The highest BCUT2D eigenvalue weighted by molar-refractivity contribution is 7.90. The molecule has 0 atom stereocenters. The summed E-state index contributed by atoms with van der Waals surface area (Å²) in [6, 6.07) is 16.7. The van der Waals surface area contributed by atoms with Gasteiger partial charge in [-0.1, -0.05) is 12.1 Å². The second-order valence-corrected chi connectivity index (χ2v) is 9.14. The molecule has 0 unspecified atom stereocenters. The molecule has 1 aromatic heterocycles. The Balaban J connectivity index is 1.52. The normalized spacial score (nSPS) is 11.8. The molecule has 2 N–H and O–H groups in total. The van der Waals surface area contributed by atoms with Crippen molar-refractivity contribution in [2.75, 3.05) is 11.6 Å². The van der Waals surface area contributed by atoms with Crippen LogP contribution in [0.15, 0.2) is 77.7 Å². The lowest BCUT2D eigenvalue weighted by Gasteiger charge is -2.05. The number of imidazole rings is 1. The number of hydrogen-bond acceptors (Lipinski definition) is 5. The van der Waals surface area contributed by atoms with Crippen LogP contribution in [0.2, 0.25) is 0 Å². The Bertz CT molecular complexity index is 1440. The minimum atomic E-state index is -3.42. The third kappa shape index (κ3) is 4.52. The molecule has 3 aromatic carbocycles. The molecule has 0 saturated heterocycles. The van der Waals surface area contributed by atoms with Gasteiger partial charge in [0, 0.05) is 23.6 Å². The maximum Gasteiger partial charge on any atom is 0.248 e. The molecular formula is C23H18FN3O4S. The van der Waals surface area contributed by atoms with E-state index < -0.39 is 9.84 Å². The minimum absolute atomic E-state index is 0.0819. The fraction of sp³-hybridized carbons (Fsp3) is 0.0435. The highest BCUT2D eigenvalue weighted by Gasteiger charge is 2.15. The lowest BCUT2D eigenvalue weighted by molar-refractivity contribution is -0.111. The smallest absolute Gasteiger partial charge is 0.248 e. The van der Waals surface area contributed by atoms with Crippen LogP contribution in [0.5, 0.6) is 0 Å². The van der Waals surface area contributed by atoms with Crippen LogP contribution in [-0.2, 0) is 14.6 Å². The third-order valence-electron chi connectivity index (χ3n) is 4.74. The number of anilines is 1. The Morgan fingerprint density at radius 2 is 1.75 bits per heavy atom. The zero-order valence-electron chi connectivity index (χ0n) is 16.9. The molecule has 0 aliphatic heterocycles. The molecule has 7 nitrogen and oxygen atoms in total. The Labute approximate surface area is 183 Å². The summed E-state index contributed by atoms with van der Waals surface area (Å²) in [5.74, 6) is -0.469. The molecule has 0 spiro atoms. The van der Waals surface area contributed by atoms with Gasteiger partial charge in [0.25, 0.3) is 0 Å². The summed E-state index contributed by atoms with van der Waals surface area (Å²) in [6.45, 7) is 0. The number of carbonyl (C=O) groups is 1. The van der Waals surface area contributed by atoms with Gasteiger partial charge in [0.2, 0.25) is 5.91 Å². The maximum atomic E-state index is 12.9. The molecule has 4 aromatic rings. The standard InChI is InChI=1S/C23H18FN3O4S/c1-32(30,31)19-11-12-20-21(14-19)27(29)23(26-20)16-5-9-18(10-6-16)25-22(28)13-4-15-2-7-17(24)8-3-15/h2-14,29H,1H3,(H,25,28). The first kappa shape index (κ1) is 21.3. The van der Waals surface area contributed by atoms with Crippen molar-refractivity contribution in [2.45, 2.75) is 4.90 Å². The highest BCUT2D eigenvalue weighted by Crippen LogP contribution is 2.26. The molecule has 0 bridgehead atoms. The first-order valence-corrected chi connectivity index (χ1v) is 11.4. The Morgan fingerprint density at radius 1 is 1.06 bits per heavy atom. The number of carbonyl (C=O) groups excluding carboxylic acids is 1. The fourth-order valence-electron chi connectivity index (χ4n) is 3.09. The number of rotatable bonds is 5. The lowest BCUT2D eigenvalue weighted by atomic mass is 10.2. The number of benzene rings is 3. The van der Waals surface area contributed by atoms with Crippen molar-refractivity contribution in [2.24, 2.45) is 0 Å². The van der Waals surface area contributed by atoms with E-state index in [2.05, 4.69) is 10.3 Å². The van der Waals surface area contributed by atoms with Crippen molar-refractivity contribution in [1.82, 2.24) is 9.71 Å². The zero-order chi connectivity index (χ0) is 22.9. The van der Waals surface area contributed by atoms with E-state index in [1.54, 1.807) is 42.5 Å². The van der Waals surface area contributed by atoms with Crippen LogP contribution < -0.4 is 5.32 Å². The van der Waals surface area contributed by atoms with Crippen molar-refractivity contribution >= 4 is 38.5 Å². The number of amides is 1. The largest absolute Gasteiger partial charge is 0.426 e. The summed E-state index contributed by atoms with van der Waals surface area (Å²) in [4.78, 5) is 16.6. The van der Waals surface area contributed by atoms with Crippen LogP contribution in [0.4, 0.5) is 10.1 Å². The number of hydrogen-bond donors (Lipinski definition) is 2. The average molecular weight is 451 g/mol.